The number of ether oxygens (including phenoxy) is 4. The molecular formula is C19H41NO8Si. The molecule has 0 aromatic carbocycles. The highest BCUT2D eigenvalue weighted by atomic mass is 28.4. The maximum Gasteiger partial charge on any atom is 0.500 e. The first-order chi connectivity index (χ1) is 13.8. The van der Waals surface area contributed by atoms with E-state index in [0.717, 1.165) is 0 Å². The van der Waals surface area contributed by atoms with Gasteiger partial charge in [0.2, 0.25) is 6.29 Å². The summed E-state index contributed by atoms with van der Waals surface area (Å²) in [7, 11) is -1.17. The number of nitrogens with zero attached hydrogens (tertiary/aromatic N) is 1. The van der Waals surface area contributed by atoms with Gasteiger partial charge in [0.25, 0.3) is 0 Å². The van der Waals surface area contributed by atoms with E-state index in [9.17, 15) is 4.79 Å². The van der Waals surface area contributed by atoms with Crippen molar-refractivity contribution in [1.29, 1.82) is 0 Å². The van der Waals surface area contributed by atoms with E-state index < -0.39 is 33.8 Å². The second-order valence-electron chi connectivity index (χ2n) is 6.26. The van der Waals surface area contributed by atoms with Gasteiger partial charge in [0, 0.05) is 46.1 Å². The van der Waals surface area contributed by atoms with Crippen LogP contribution in [0.3, 0.4) is 0 Å². The Morgan fingerprint density at radius 1 is 0.862 bits per heavy atom. The smallest absolute Gasteiger partial charge is 0.420 e. The summed E-state index contributed by atoms with van der Waals surface area (Å²) in [5, 5.41) is 0. The van der Waals surface area contributed by atoms with E-state index in [1.807, 2.05) is 27.7 Å². The van der Waals surface area contributed by atoms with Crippen LogP contribution < -0.4 is 0 Å². The fraction of sp³-hybridized carbons (Fsp3) is 0.947. The van der Waals surface area contributed by atoms with Crippen LogP contribution in [0.1, 0.15) is 54.9 Å². The number of methoxy groups -OCH3 is 1. The van der Waals surface area contributed by atoms with Gasteiger partial charge in [0.05, 0.1) is 0 Å². The van der Waals surface area contributed by atoms with Crippen molar-refractivity contribution in [2.75, 3.05) is 40.0 Å². The minimum atomic E-state index is -2.71. The highest BCUT2D eigenvalue weighted by Crippen LogP contribution is 2.19. The van der Waals surface area contributed by atoms with Crippen LogP contribution in [0.25, 0.3) is 0 Å². The van der Waals surface area contributed by atoms with Gasteiger partial charge in [-0.3, -0.25) is 0 Å². The summed E-state index contributed by atoms with van der Waals surface area (Å²) in [5.74, 6) is 0. The minimum Gasteiger partial charge on any atom is -0.420 e. The number of amides is 1. The Morgan fingerprint density at radius 2 is 1.38 bits per heavy atom. The number of rotatable bonds is 17. The first-order valence-corrected chi connectivity index (χ1v) is 12.4. The van der Waals surface area contributed by atoms with Gasteiger partial charge in [0.1, 0.15) is 0 Å². The second-order valence-corrected chi connectivity index (χ2v) is 8.99. The fourth-order valence-electron chi connectivity index (χ4n) is 2.74. The van der Waals surface area contributed by atoms with Crippen molar-refractivity contribution in [3.8, 4) is 0 Å². The molecule has 9 nitrogen and oxygen atoms in total. The summed E-state index contributed by atoms with van der Waals surface area (Å²) in [6.45, 7) is 15.4. The molecule has 0 heterocycles. The molecule has 0 aromatic rings. The number of carbonyl (C=O) groups is 1. The molecule has 10 heteroatoms. The Labute approximate surface area is 177 Å². The van der Waals surface area contributed by atoms with Gasteiger partial charge in [-0.15, -0.1) is 0 Å². The molecular weight excluding hydrogens is 398 g/mol. The lowest BCUT2D eigenvalue weighted by Crippen LogP contribution is -2.46. The van der Waals surface area contributed by atoms with Crippen molar-refractivity contribution in [1.82, 2.24) is 4.90 Å². The number of hydrogen-bond donors (Lipinski definition) is 0. The Hall–Kier alpha value is -0.753. The van der Waals surface area contributed by atoms with Gasteiger partial charge in [-0.2, -0.15) is 0 Å². The van der Waals surface area contributed by atoms with Gasteiger partial charge >= 0.3 is 14.9 Å². The molecule has 0 fully saturated rings. The third kappa shape index (κ3) is 11.9. The van der Waals surface area contributed by atoms with Crippen LogP contribution in [0.15, 0.2) is 0 Å². The molecule has 0 saturated carbocycles. The summed E-state index contributed by atoms with van der Waals surface area (Å²) >= 11 is 0. The first kappa shape index (κ1) is 28.2. The van der Waals surface area contributed by atoms with Crippen LogP contribution >= 0.6 is 0 Å². The fourth-order valence-corrected chi connectivity index (χ4v) is 5.33. The zero-order valence-electron chi connectivity index (χ0n) is 19.4. The molecule has 3 unspecified atom stereocenters. The molecule has 174 valence electrons. The SMILES string of the molecule is CCO[Si](CCCN(CC)C(=O)OC(C)OC(C)OC(C)OC)(OCC)OCC. The molecule has 3 atom stereocenters. The van der Waals surface area contributed by atoms with Crippen molar-refractivity contribution in [2.45, 2.75) is 79.8 Å². The second kappa shape index (κ2) is 16.0. The van der Waals surface area contributed by atoms with Crippen LogP contribution in [-0.2, 0) is 32.2 Å². The average Bonchev–Trinajstić information content (AvgIpc) is 2.65. The summed E-state index contributed by atoms with van der Waals surface area (Å²) in [4.78, 5) is 14.1. The molecule has 0 saturated heterocycles. The molecule has 0 rings (SSSR count). The number of carbonyl (C=O) groups excluding carboxylic acids is 1. The third-order valence-electron chi connectivity index (χ3n) is 4.01. The molecule has 0 N–H and O–H groups in total. The van der Waals surface area contributed by atoms with Crippen LogP contribution in [0, 0.1) is 0 Å². The maximum atomic E-state index is 12.5. The lowest BCUT2D eigenvalue weighted by Gasteiger charge is -2.29. The van der Waals surface area contributed by atoms with E-state index in [0.29, 0.717) is 45.4 Å². The number of hydrogen-bond acceptors (Lipinski definition) is 8. The van der Waals surface area contributed by atoms with Crippen LogP contribution in [0.5, 0.6) is 0 Å². The van der Waals surface area contributed by atoms with E-state index in [-0.39, 0.29) is 0 Å². The Balaban J connectivity index is 4.59. The van der Waals surface area contributed by atoms with Gasteiger partial charge in [-0.05, 0) is 54.9 Å². The Morgan fingerprint density at radius 3 is 1.83 bits per heavy atom. The molecule has 0 aliphatic rings. The van der Waals surface area contributed by atoms with Gasteiger partial charge < -0.3 is 37.1 Å². The van der Waals surface area contributed by atoms with E-state index in [1.54, 1.807) is 32.8 Å². The minimum absolute atomic E-state index is 0.412. The quantitative estimate of drug-likeness (QED) is 0.251. The summed E-state index contributed by atoms with van der Waals surface area (Å²) in [5.41, 5.74) is 0. The van der Waals surface area contributed by atoms with Crippen molar-refractivity contribution in [3.05, 3.63) is 0 Å². The summed E-state index contributed by atoms with van der Waals surface area (Å²) < 4.78 is 38.9. The molecule has 0 spiro atoms. The lowest BCUT2D eigenvalue weighted by atomic mass is 10.4. The predicted octanol–water partition coefficient (Wildman–Crippen LogP) is 3.60. The molecule has 0 aromatic heterocycles. The van der Waals surface area contributed by atoms with E-state index >= 15 is 0 Å². The third-order valence-corrected chi connectivity index (χ3v) is 7.16. The highest BCUT2D eigenvalue weighted by Gasteiger charge is 2.40. The maximum absolute atomic E-state index is 12.5. The largest absolute Gasteiger partial charge is 0.500 e. The molecule has 29 heavy (non-hydrogen) atoms. The molecule has 1 amide bonds. The average molecular weight is 440 g/mol. The van der Waals surface area contributed by atoms with Gasteiger partial charge in [-0.1, -0.05) is 0 Å². The van der Waals surface area contributed by atoms with Crippen LogP contribution in [0.2, 0.25) is 6.04 Å². The van der Waals surface area contributed by atoms with Crippen LogP contribution in [0.4, 0.5) is 4.79 Å². The molecule has 0 bridgehead atoms. The van der Waals surface area contributed by atoms with E-state index in [2.05, 4.69) is 0 Å². The summed E-state index contributed by atoms with van der Waals surface area (Å²) in [6.07, 6.45) is -1.48. The highest BCUT2D eigenvalue weighted by molar-refractivity contribution is 6.60. The van der Waals surface area contributed by atoms with Crippen molar-refractivity contribution in [2.24, 2.45) is 0 Å². The van der Waals surface area contributed by atoms with Crippen molar-refractivity contribution < 1.29 is 37.0 Å². The Kier molecular flexibility index (Phi) is 15.6. The van der Waals surface area contributed by atoms with Gasteiger partial charge in [-0.25, -0.2) is 4.79 Å². The van der Waals surface area contributed by atoms with Crippen molar-refractivity contribution in [3.63, 3.8) is 0 Å². The molecule has 0 aliphatic carbocycles. The molecule has 0 radical (unpaired) electrons. The molecule has 0 aliphatic heterocycles. The monoisotopic (exact) mass is 439 g/mol. The Bertz CT molecular complexity index is 412. The van der Waals surface area contributed by atoms with E-state index in [1.165, 1.54) is 0 Å². The standard InChI is InChI=1S/C19H41NO8Si/c1-9-20(14-13-15-29(23-10-2,24-11-3)25-12-4)19(21)28-18(7)27-17(6)26-16(5)22-8/h16-18H,9-15H2,1-8H3. The normalized spacial score (nSPS) is 15.0. The summed E-state index contributed by atoms with van der Waals surface area (Å²) in [6, 6.07) is 0.637. The van der Waals surface area contributed by atoms with E-state index in [4.69, 9.17) is 32.2 Å². The topological polar surface area (TPSA) is 84.9 Å². The van der Waals surface area contributed by atoms with Crippen molar-refractivity contribution >= 4 is 14.9 Å². The predicted molar refractivity (Wildman–Crippen MR) is 111 cm³/mol. The first-order valence-electron chi connectivity index (χ1n) is 10.5. The zero-order valence-corrected chi connectivity index (χ0v) is 20.4. The van der Waals surface area contributed by atoms with Gasteiger partial charge in [0.15, 0.2) is 12.6 Å². The van der Waals surface area contributed by atoms with Crippen LogP contribution in [-0.4, -0.2) is 78.7 Å². The lowest BCUT2D eigenvalue weighted by molar-refractivity contribution is -0.265. The zero-order chi connectivity index (χ0) is 22.3.